The van der Waals surface area contributed by atoms with Gasteiger partial charge in [0, 0.05) is 35.2 Å². The van der Waals surface area contributed by atoms with Crippen LogP contribution >= 0.6 is 0 Å². The molecule has 0 spiro atoms. The highest BCUT2D eigenvalue weighted by Gasteiger charge is 2.49. The number of ether oxygens (including phenoxy) is 1. The third-order valence-corrected chi connectivity index (χ3v) is 7.40. The molecule has 0 radical (unpaired) electrons. The Bertz CT molecular complexity index is 1830. The monoisotopic (exact) mass is 631 g/mol. The zero-order valence-electron chi connectivity index (χ0n) is 22.3. The van der Waals surface area contributed by atoms with Crippen molar-refractivity contribution >= 4 is 16.9 Å². The van der Waals surface area contributed by atoms with E-state index in [0.29, 0.717) is 18.2 Å². The number of alkyl halides is 8. The van der Waals surface area contributed by atoms with Crippen molar-refractivity contribution in [3.05, 3.63) is 70.3 Å². The smallest absolute Gasteiger partial charge is 0.419 e. The molecule has 1 amide bonds. The van der Waals surface area contributed by atoms with Gasteiger partial charge in [0.25, 0.3) is 5.91 Å². The molecule has 8 nitrogen and oxygen atoms in total. The molecule has 2 bridgehead atoms. The van der Waals surface area contributed by atoms with Gasteiger partial charge in [-0.3, -0.25) is 4.79 Å². The summed E-state index contributed by atoms with van der Waals surface area (Å²) in [7, 11) is 0. The molecule has 6 rings (SSSR count). The maximum atomic E-state index is 15.5. The molecule has 2 aliphatic heterocycles. The summed E-state index contributed by atoms with van der Waals surface area (Å²) in [6, 6.07) is -1.26. The minimum atomic E-state index is -5.31. The summed E-state index contributed by atoms with van der Waals surface area (Å²) in [4.78, 5) is 24.9. The number of nitrogens with zero attached hydrogens (tertiary/aromatic N) is 4. The SMILES string of the molecule is CC(C)(O)c1ncc(-c2c(F)cc3nc4n(c3c2C(F)(F)F)[C@@H]2C[C@@H]4NC(=O)c3c(C(F)(F)F)ccc(OC(F)F)c32)cn1. The summed E-state index contributed by atoms with van der Waals surface area (Å²) in [5.41, 5.74) is -9.31. The third-order valence-electron chi connectivity index (χ3n) is 7.40. The number of aromatic nitrogens is 4. The van der Waals surface area contributed by atoms with Crippen LogP contribution in [0.3, 0.4) is 0 Å². The number of imidazole rings is 1. The van der Waals surface area contributed by atoms with Gasteiger partial charge in [0.15, 0.2) is 5.82 Å². The lowest BCUT2D eigenvalue weighted by atomic mass is 9.92. The molecule has 44 heavy (non-hydrogen) atoms. The van der Waals surface area contributed by atoms with Crippen molar-refractivity contribution in [3.8, 4) is 16.9 Å². The maximum Gasteiger partial charge on any atom is 0.419 e. The van der Waals surface area contributed by atoms with E-state index >= 15 is 4.39 Å². The van der Waals surface area contributed by atoms with Crippen LogP contribution in [0.1, 0.15) is 71.0 Å². The van der Waals surface area contributed by atoms with Gasteiger partial charge in [-0.2, -0.15) is 35.1 Å². The van der Waals surface area contributed by atoms with Crippen molar-refractivity contribution in [2.24, 2.45) is 0 Å². The fourth-order valence-corrected chi connectivity index (χ4v) is 5.79. The molecule has 0 saturated heterocycles. The molecule has 232 valence electrons. The van der Waals surface area contributed by atoms with Crippen LogP contribution in [0.15, 0.2) is 30.6 Å². The Hall–Kier alpha value is -4.41. The van der Waals surface area contributed by atoms with E-state index in [9.17, 15) is 45.0 Å². The quantitative estimate of drug-likeness (QED) is 0.258. The van der Waals surface area contributed by atoms with Gasteiger partial charge in [-0.15, -0.1) is 0 Å². The van der Waals surface area contributed by atoms with Crippen LogP contribution in [-0.4, -0.2) is 37.1 Å². The van der Waals surface area contributed by atoms with Gasteiger partial charge in [0.1, 0.15) is 23.0 Å². The lowest BCUT2D eigenvalue weighted by molar-refractivity contribution is -0.138. The zero-order chi connectivity index (χ0) is 32.1. The van der Waals surface area contributed by atoms with Gasteiger partial charge in [-0.1, -0.05) is 0 Å². The molecule has 0 aliphatic carbocycles. The molecule has 2 N–H and O–H groups in total. The van der Waals surface area contributed by atoms with Crippen molar-refractivity contribution in [2.45, 2.75) is 56.9 Å². The van der Waals surface area contributed by atoms with Crippen LogP contribution in [-0.2, 0) is 18.0 Å². The predicted octanol–water partition coefficient (Wildman–Crippen LogP) is 6.28. The fraction of sp³-hybridized carbons (Fsp3) is 0.333. The van der Waals surface area contributed by atoms with E-state index < -0.39 is 98.5 Å². The summed E-state index contributed by atoms with van der Waals surface area (Å²) < 4.78 is 134. The number of rotatable bonds is 4. The molecule has 0 fully saturated rings. The van der Waals surface area contributed by atoms with Gasteiger partial charge < -0.3 is 19.7 Å². The Kier molecular flexibility index (Phi) is 6.43. The molecule has 0 saturated carbocycles. The standard InChI is InChI=1S/C27H18F9N5O3/c1-25(2,43)23-37-7-9(8-38-23)16-11(28)5-12-20(19(16)27(34,35)36)41-14-6-13(21(41)39-12)40-22(42)17-10(26(31,32)33)3-4-15(18(14)17)44-24(29)30/h3-5,7-8,13-14,24,43H,6H2,1-2H3,(H,40,42)/t13-,14+/m0/s1. The Morgan fingerprint density at radius 1 is 1.05 bits per heavy atom. The average molecular weight is 631 g/mol. The van der Waals surface area contributed by atoms with Crippen LogP contribution in [0.25, 0.3) is 22.2 Å². The third kappa shape index (κ3) is 4.60. The number of fused-ring (bicyclic) bond motifs is 9. The molecule has 2 aromatic heterocycles. The van der Waals surface area contributed by atoms with E-state index in [-0.39, 0.29) is 18.1 Å². The van der Waals surface area contributed by atoms with Gasteiger partial charge >= 0.3 is 19.0 Å². The van der Waals surface area contributed by atoms with Gasteiger partial charge in [0.05, 0.1) is 39.8 Å². The first kappa shape index (κ1) is 29.7. The van der Waals surface area contributed by atoms with Gasteiger partial charge in [-0.05, 0) is 32.4 Å². The molecule has 4 aromatic rings. The molecule has 17 heteroatoms. The van der Waals surface area contributed by atoms with E-state index in [0.717, 1.165) is 17.0 Å². The number of hydrogen-bond donors (Lipinski definition) is 2. The fourth-order valence-electron chi connectivity index (χ4n) is 5.79. The van der Waals surface area contributed by atoms with Gasteiger partial charge in [-0.25, -0.2) is 19.3 Å². The highest BCUT2D eigenvalue weighted by Crippen LogP contribution is 2.52. The first-order valence-corrected chi connectivity index (χ1v) is 12.7. The molecule has 4 heterocycles. The predicted molar refractivity (Wildman–Crippen MR) is 132 cm³/mol. The second-order valence-corrected chi connectivity index (χ2v) is 10.7. The largest absolute Gasteiger partial charge is 0.434 e. The number of carbonyl (C=O) groups excluding carboxylic acids is 1. The zero-order valence-corrected chi connectivity index (χ0v) is 22.3. The van der Waals surface area contributed by atoms with Crippen LogP contribution in [0, 0.1) is 5.82 Å². The molecule has 2 atom stereocenters. The molecule has 2 aliphatic rings. The number of carbonyl (C=O) groups is 1. The Morgan fingerprint density at radius 3 is 2.27 bits per heavy atom. The number of aliphatic hydroxyl groups is 1. The van der Waals surface area contributed by atoms with Crippen LogP contribution < -0.4 is 10.1 Å². The van der Waals surface area contributed by atoms with Crippen molar-refractivity contribution < 1.29 is 54.2 Å². The van der Waals surface area contributed by atoms with E-state index in [2.05, 4.69) is 25.0 Å². The summed E-state index contributed by atoms with van der Waals surface area (Å²) in [5.74, 6) is -4.02. The van der Waals surface area contributed by atoms with Crippen molar-refractivity contribution in [3.63, 3.8) is 0 Å². The average Bonchev–Trinajstić information content (AvgIpc) is 3.37. The molecule has 2 aromatic carbocycles. The minimum Gasteiger partial charge on any atom is -0.434 e. The van der Waals surface area contributed by atoms with Gasteiger partial charge in [0.2, 0.25) is 0 Å². The molecular formula is C27H18F9N5O3. The van der Waals surface area contributed by atoms with Crippen LogP contribution in [0.5, 0.6) is 5.75 Å². The number of hydrogen-bond acceptors (Lipinski definition) is 6. The Morgan fingerprint density at radius 2 is 1.70 bits per heavy atom. The summed E-state index contributed by atoms with van der Waals surface area (Å²) in [6.45, 7) is -0.922. The lowest BCUT2D eigenvalue weighted by Crippen LogP contribution is -2.30. The molecular weight excluding hydrogens is 613 g/mol. The second-order valence-electron chi connectivity index (χ2n) is 10.7. The van der Waals surface area contributed by atoms with E-state index in [1.165, 1.54) is 13.8 Å². The number of amides is 1. The first-order valence-electron chi connectivity index (χ1n) is 12.7. The number of nitrogens with one attached hydrogen (secondary N) is 1. The van der Waals surface area contributed by atoms with Crippen molar-refractivity contribution in [2.75, 3.05) is 0 Å². The lowest BCUT2D eigenvalue weighted by Gasteiger charge is -2.25. The highest BCUT2D eigenvalue weighted by molar-refractivity contribution is 6.00. The topological polar surface area (TPSA) is 102 Å². The minimum absolute atomic E-state index is 0.175. The van der Waals surface area contributed by atoms with E-state index in [4.69, 9.17) is 0 Å². The van der Waals surface area contributed by atoms with Crippen LogP contribution in [0.4, 0.5) is 39.5 Å². The van der Waals surface area contributed by atoms with Crippen LogP contribution in [0.2, 0.25) is 0 Å². The van der Waals surface area contributed by atoms with E-state index in [1.807, 2.05) is 0 Å². The highest BCUT2D eigenvalue weighted by atomic mass is 19.4. The number of benzene rings is 2. The van der Waals surface area contributed by atoms with Crippen molar-refractivity contribution in [1.29, 1.82) is 0 Å². The first-order chi connectivity index (χ1) is 20.4. The molecule has 0 unspecified atom stereocenters. The summed E-state index contributed by atoms with van der Waals surface area (Å²) >= 11 is 0. The Balaban J connectivity index is 1.69. The Labute approximate surface area is 240 Å². The second kappa shape index (κ2) is 9.54. The normalized spacial score (nSPS) is 18.3. The summed E-state index contributed by atoms with van der Waals surface area (Å²) in [5, 5.41) is 12.4. The number of halogens is 9. The van der Waals surface area contributed by atoms with E-state index in [1.54, 1.807) is 0 Å². The maximum absolute atomic E-state index is 15.5. The van der Waals surface area contributed by atoms with Crippen molar-refractivity contribution in [1.82, 2.24) is 24.8 Å². The summed E-state index contributed by atoms with van der Waals surface area (Å²) in [6.07, 6.45) is -9.10.